The van der Waals surface area contributed by atoms with Crippen LogP contribution < -0.4 is 24.8 Å². The largest absolute Gasteiger partial charge is 0.490 e. The van der Waals surface area contributed by atoms with E-state index in [0.717, 1.165) is 29.7 Å². The average Bonchev–Trinajstić information content (AvgIpc) is 3.37. The molecule has 3 N–H and O–H groups in total. The Kier molecular flexibility index (Phi) is 7.10. The molecule has 0 radical (unpaired) electrons. The molecule has 0 unspecified atom stereocenters. The minimum Gasteiger partial charge on any atom is -0.490 e. The number of hydrogen-bond acceptors (Lipinski definition) is 8. The van der Waals surface area contributed by atoms with Crippen molar-refractivity contribution in [3.63, 3.8) is 0 Å². The molecule has 4 aliphatic heterocycles. The normalized spacial score (nSPS) is 26.2. The Hall–Kier alpha value is -3.34. The van der Waals surface area contributed by atoms with E-state index in [1.807, 2.05) is 36.4 Å². The number of hydrogen-bond donors (Lipinski definition) is 3. The first kappa shape index (κ1) is 25.0. The van der Waals surface area contributed by atoms with E-state index in [0.29, 0.717) is 43.4 Å². The zero-order chi connectivity index (χ0) is 26.1. The number of aliphatic hydroxyl groups excluding tert-OH is 1. The first-order chi connectivity index (χ1) is 18.6. The molecule has 2 aromatic rings. The zero-order valence-corrected chi connectivity index (χ0v) is 21.0. The molecular formula is C28H32N2O8. The number of ether oxygens (including phenoxy) is 5. The molecule has 4 atom stereocenters. The van der Waals surface area contributed by atoms with Crippen LogP contribution in [0.1, 0.15) is 42.7 Å². The third-order valence-corrected chi connectivity index (χ3v) is 7.68. The van der Waals surface area contributed by atoms with Crippen LogP contribution in [0.4, 0.5) is 5.69 Å². The number of amides is 2. The predicted molar refractivity (Wildman–Crippen MR) is 135 cm³/mol. The van der Waals surface area contributed by atoms with E-state index in [-0.39, 0.29) is 43.7 Å². The van der Waals surface area contributed by atoms with E-state index in [4.69, 9.17) is 23.7 Å². The summed E-state index contributed by atoms with van der Waals surface area (Å²) in [6.07, 6.45) is 1.03. The van der Waals surface area contributed by atoms with Crippen molar-refractivity contribution in [1.82, 2.24) is 5.32 Å². The van der Waals surface area contributed by atoms with Crippen LogP contribution in [0, 0.1) is 5.92 Å². The average molecular weight is 525 g/mol. The van der Waals surface area contributed by atoms with Crippen molar-refractivity contribution in [3.05, 3.63) is 47.5 Å². The fourth-order valence-electron chi connectivity index (χ4n) is 5.79. The molecule has 10 heteroatoms. The molecule has 0 spiro atoms. The maximum atomic E-state index is 13.2. The first-order valence-corrected chi connectivity index (χ1v) is 13.2. The second-order valence-corrected chi connectivity index (χ2v) is 10.2. The number of fused-ring (bicyclic) bond motifs is 5. The zero-order valence-electron chi connectivity index (χ0n) is 21.0. The molecule has 2 amide bonds. The van der Waals surface area contributed by atoms with Crippen LogP contribution in [0.3, 0.4) is 0 Å². The summed E-state index contributed by atoms with van der Waals surface area (Å²) in [7, 11) is 0. The van der Waals surface area contributed by atoms with Crippen molar-refractivity contribution in [2.45, 2.75) is 56.5 Å². The predicted octanol–water partition coefficient (Wildman–Crippen LogP) is 2.48. The first-order valence-electron chi connectivity index (χ1n) is 13.2. The van der Waals surface area contributed by atoms with Crippen molar-refractivity contribution < 1.29 is 38.4 Å². The lowest BCUT2D eigenvalue weighted by atomic mass is 9.76. The Labute approximate surface area is 220 Å². The Morgan fingerprint density at radius 3 is 2.79 bits per heavy atom. The number of rotatable bonds is 7. The summed E-state index contributed by atoms with van der Waals surface area (Å²) in [6.45, 7) is 1.53. The van der Waals surface area contributed by atoms with Crippen LogP contribution in [0.5, 0.6) is 17.2 Å². The van der Waals surface area contributed by atoms with E-state index >= 15 is 0 Å². The van der Waals surface area contributed by atoms with E-state index in [2.05, 4.69) is 10.6 Å². The molecule has 0 aromatic heterocycles. The van der Waals surface area contributed by atoms with Gasteiger partial charge in [-0.25, -0.2) is 0 Å². The Balaban J connectivity index is 1.16. The highest BCUT2D eigenvalue weighted by atomic mass is 16.7. The minimum atomic E-state index is -0.731. The van der Waals surface area contributed by atoms with Crippen LogP contribution in [0.2, 0.25) is 0 Å². The van der Waals surface area contributed by atoms with Crippen molar-refractivity contribution in [2.24, 2.45) is 5.92 Å². The summed E-state index contributed by atoms with van der Waals surface area (Å²) in [4.78, 5) is 26.1. The van der Waals surface area contributed by atoms with Crippen LogP contribution in [-0.2, 0) is 25.6 Å². The quantitative estimate of drug-likeness (QED) is 0.505. The fourth-order valence-corrected chi connectivity index (χ4v) is 5.79. The molecule has 2 aromatic carbocycles. The number of benzene rings is 2. The topological polar surface area (TPSA) is 125 Å². The van der Waals surface area contributed by atoms with Crippen LogP contribution in [0.25, 0.3) is 0 Å². The Bertz CT molecular complexity index is 1200. The number of aliphatic hydroxyl groups is 1. The van der Waals surface area contributed by atoms with Crippen molar-refractivity contribution in [1.29, 1.82) is 0 Å². The monoisotopic (exact) mass is 524 g/mol. The number of carbonyl (C=O) groups is 2. The number of carbonyl (C=O) groups excluding carboxylic acids is 2. The van der Waals surface area contributed by atoms with Gasteiger partial charge >= 0.3 is 0 Å². The van der Waals surface area contributed by atoms with Gasteiger partial charge in [0.2, 0.25) is 18.6 Å². The summed E-state index contributed by atoms with van der Waals surface area (Å²) in [5.41, 5.74) is 2.49. The molecule has 2 saturated heterocycles. The molecule has 2 fully saturated rings. The molecule has 0 saturated carbocycles. The summed E-state index contributed by atoms with van der Waals surface area (Å²) in [5.74, 6) is 0.867. The molecular weight excluding hydrogens is 492 g/mol. The highest BCUT2D eigenvalue weighted by Gasteiger charge is 2.46. The fraction of sp³-hybridized carbons (Fsp3) is 0.500. The molecule has 0 aliphatic carbocycles. The van der Waals surface area contributed by atoms with Gasteiger partial charge in [0.25, 0.3) is 0 Å². The van der Waals surface area contributed by atoms with E-state index < -0.39 is 18.1 Å². The lowest BCUT2D eigenvalue weighted by molar-refractivity contribution is -0.148. The molecule has 202 valence electrons. The SMILES string of the molecule is O=C(C[C@@H]1C[C@@H]2c3cc(ccc3OC3CCOCC3)NC(=O)[C@@H]2[C@@H](CO)O1)NCc1ccc2c(c1)OCO2. The minimum absolute atomic E-state index is 0.0439. The molecule has 38 heavy (non-hydrogen) atoms. The van der Waals surface area contributed by atoms with Gasteiger partial charge < -0.3 is 39.4 Å². The Morgan fingerprint density at radius 1 is 1.11 bits per heavy atom. The smallest absolute Gasteiger partial charge is 0.231 e. The van der Waals surface area contributed by atoms with Gasteiger partial charge in [0.15, 0.2) is 11.5 Å². The lowest BCUT2D eigenvalue weighted by Crippen LogP contribution is -2.48. The van der Waals surface area contributed by atoms with Crippen molar-refractivity contribution >= 4 is 17.5 Å². The van der Waals surface area contributed by atoms with Crippen LogP contribution in [-0.4, -0.2) is 61.8 Å². The van der Waals surface area contributed by atoms with Gasteiger partial charge in [-0.05, 0) is 42.3 Å². The number of nitrogens with one attached hydrogen (secondary N) is 2. The van der Waals surface area contributed by atoms with Crippen LogP contribution >= 0.6 is 0 Å². The van der Waals surface area contributed by atoms with Crippen molar-refractivity contribution in [2.75, 3.05) is 31.9 Å². The van der Waals surface area contributed by atoms with E-state index in [9.17, 15) is 14.7 Å². The van der Waals surface area contributed by atoms with Gasteiger partial charge in [-0.15, -0.1) is 0 Å². The number of anilines is 1. The van der Waals surface area contributed by atoms with E-state index in [1.165, 1.54) is 0 Å². The maximum absolute atomic E-state index is 13.2. The molecule has 4 heterocycles. The van der Waals surface area contributed by atoms with Gasteiger partial charge in [0.1, 0.15) is 11.9 Å². The highest BCUT2D eigenvalue weighted by Crippen LogP contribution is 2.46. The standard InChI is InChI=1S/C28H32N2O8/c31-14-25-27-21(20-10-17(30-28(27)33)2-4-22(20)37-18-5-7-34-8-6-18)11-19(38-25)12-26(32)29-13-16-1-3-23-24(9-16)36-15-35-23/h1-4,9-10,18-19,21,25,27,31H,5-8,11-15H2,(H,29,32)(H,30,33)/t19-,21+,25+,27-/m0/s1. The molecule has 10 nitrogen and oxygen atoms in total. The Morgan fingerprint density at radius 2 is 1.95 bits per heavy atom. The second-order valence-electron chi connectivity index (χ2n) is 10.2. The van der Waals surface area contributed by atoms with E-state index in [1.54, 1.807) is 0 Å². The molecule has 2 bridgehead atoms. The summed E-state index contributed by atoms with van der Waals surface area (Å²) >= 11 is 0. The lowest BCUT2D eigenvalue weighted by Gasteiger charge is -2.40. The van der Waals surface area contributed by atoms with Gasteiger partial charge in [-0.1, -0.05) is 6.07 Å². The summed E-state index contributed by atoms with van der Waals surface area (Å²) < 4.78 is 28.7. The van der Waals surface area contributed by atoms with Crippen LogP contribution in [0.15, 0.2) is 36.4 Å². The molecule has 6 rings (SSSR count). The summed E-state index contributed by atoms with van der Waals surface area (Å²) in [6, 6.07) is 11.2. The maximum Gasteiger partial charge on any atom is 0.231 e. The summed E-state index contributed by atoms with van der Waals surface area (Å²) in [5, 5.41) is 16.1. The molecule has 4 aliphatic rings. The van der Waals surface area contributed by atoms with Gasteiger partial charge in [-0.3, -0.25) is 9.59 Å². The third kappa shape index (κ3) is 5.16. The van der Waals surface area contributed by atoms with Gasteiger partial charge in [0, 0.05) is 36.6 Å². The third-order valence-electron chi connectivity index (χ3n) is 7.68. The highest BCUT2D eigenvalue weighted by molar-refractivity contribution is 5.95. The second kappa shape index (κ2) is 10.8. The van der Waals surface area contributed by atoms with Gasteiger partial charge in [0.05, 0.1) is 44.4 Å². The van der Waals surface area contributed by atoms with Gasteiger partial charge in [-0.2, -0.15) is 0 Å². The van der Waals surface area contributed by atoms with Crippen molar-refractivity contribution in [3.8, 4) is 17.2 Å².